The van der Waals surface area contributed by atoms with Crippen molar-refractivity contribution < 1.29 is 13.9 Å². The summed E-state index contributed by atoms with van der Waals surface area (Å²) in [6.07, 6.45) is 9.46. The van der Waals surface area contributed by atoms with Gasteiger partial charge in [0.2, 0.25) is 0 Å². The van der Waals surface area contributed by atoms with E-state index in [4.69, 9.17) is 25.5 Å². The van der Waals surface area contributed by atoms with Crippen molar-refractivity contribution in [3.05, 3.63) is 58.4 Å². The molecule has 0 bridgehead atoms. The number of halogens is 1. The Morgan fingerprint density at radius 2 is 2.00 bits per heavy atom. The average molecular weight is 398 g/mol. The fraction of sp³-hybridized carbons (Fsp3) is 0.348. The van der Waals surface area contributed by atoms with Gasteiger partial charge in [-0.1, -0.05) is 29.8 Å². The van der Waals surface area contributed by atoms with Crippen LogP contribution < -0.4 is 9.47 Å². The molecule has 0 atom stereocenters. The molecule has 1 aromatic heterocycles. The van der Waals surface area contributed by atoms with Gasteiger partial charge in [0.1, 0.15) is 5.52 Å². The third kappa shape index (κ3) is 4.02. The molecule has 0 spiro atoms. The summed E-state index contributed by atoms with van der Waals surface area (Å²) in [5.74, 6) is 2.20. The molecule has 1 aliphatic rings. The third-order valence-corrected chi connectivity index (χ3v) is 5.27. The SMILES string of the molecule is CC=Cc1cc(Cl)cc2nc(Cc3ccc(OC)c(OC4CCCC4)c3)oc12. The number of oxazole rings is 1. The number of hydrogen-bond acceptors (Lipinski definition) is 4. The summed E-state index contributed by atoms with van der Waals surface area (Å²) < 4.78 is 17.7. The number of allylic oxidation sites excluding steroid dienone is 1. The van der Waals surface area contributed by atoms with E-state index in [0.29, 0.717) is 17.3 Å². The Balaban J connectivity index is 1.62. The molecule has 0 saturated heterocycles. The second-order valence-corrected chi connectivity index (χ2v) is 7.57. The molecule has 1 aliphatic carbocycles. The fourth-order valence-electron chi connectivity index (χ4n) is 3.73. The first-order valence-electron chi connectivity index (χ1n) is 9.71. The van der Waals surface area contributed by atoms with Gasteiger partial charge >= 0.3 is 0 Å². The van der Waals surface area contributed by atoms with Crippen molar-refractivity contribution in [2.45, 2.75) is 45.1 Å². The summed E-state index contributed by atoms with van der Waals surface area (Å²) in [7, 11) is 1.67. The number of hydrogen-bond donors (Lipinski definition) is 0. The van der Waals surface area contributed by atoms with E-state index in [0.717, 1.165) is 46.6 Å². The number of aromatic nitrogens is 1. The molecule has 28 heavy (non-hydrogen) atoms. The van der Waals surface area contributed by atoms with Crippen LogP contribution in [-0.2, 0) is 6.42 Å². The van der Waals surface area contributed by atoms with Crippen molar-refractivity contribution in [1.29, 1.82) is 0 Å². The highest BCUT2D eigenvalue weighted by Gasteiger charge is 2.19. The average Bonchev–Trinajstić information content (AvgIpc) is 3.32. The summed E-state index contributed by atoms with van der Waals surface area (Å²) in [6.45, 7) is 1.97. The quantitative estimate of drug-likeness (QED) is 0.480. The number of nitrogens with zero attached hydrogens (tertiary/aromatic N) is 1. The smallest absolute Gasteiger partial charge is 0.199 e. The summed E-state index contributed by atoms with van der Waals surface area (Å²) in [5.41, 5.74) is 3.53. The van der Waals surface area contributed by atoms with Crippen molar-refractivity contribution in [3.63, 3.8) is 0 Å². The van der Waals surface area contributed by atoms with Gasteiger partial charge in [-0.3, -0.25) is 0 Å². The number of benzene rings is 2. The highest BCUT2D eigenvalue weighted by atomic mass is 35.5. The molecule has 3 aromatic rings. The highest BCUT2D eigenvalue weighted by molar-refractivity contribution is 6.31. The van der Waals surface area contributed by atoms with Gasteiger partial charge in [0.05, 0.1) is 13.2 Å². The van der Waals surface area contributed by atoms with Crippen LogP contribution in [0, 0.1) is 0 Å². The van der Waals surface area contributed by atoms with Gasteiger partial charge < -0.3 is 13.9 Å². The highest BCUT2D eigenvalue weighted by Crippen LogP contribution is 2.33. The molecule has 0 unspecified atom stereocenters. The van der Waals surface area contributed by atoms with Crippen molar-refractivity contribution in [1.82, 2.24) is 4.98 Å². The Morgan fingerprint density at radius 1 is 1.18 bits per heavy atom. The van der Waals surface area contributed by atoms with E-state index < -0.39 is 0 Å². The molecule has 4 rings (SSSR count). The molecule has 0 radical (unpaired) electrons. The van der Waals surface area contributed by atoms with Gasteiger partial charge in [0.15, 0.2) is 23.0 Å². The second-order valence-electron chi connectivity index (χ2n) is 7.14. The Labute approximate surface area is 170 Å². The summed E-state index contributed by atoms with van der Waals surface area (Å²) in [6, 6.07) is 9.73. The van der Waals surface area contributed by atoms with Crippen LogP contribution in [0.4, 0.5) is 0 Å². The maximum Gasteiger partial charge on any atom is 0.199 e. The predicted octanol–water partition coefficient (Wildman–Crippen LogP) is 6.44. The molecule has 0 N–H and O–H groups in total. The molecule has 0 aliphatic heterocycles. The van der Waals surface area contributed by atoms with Crippen molar-refractivity contribution in [3.8, 4) is 11.5 Å². The maximum atomic E-state index is 6.22. The van der Waals surface area contributed by atoms with E-state index in [-0.39, 0.29) is 6.10 Å². The maximum absolute atomic E-state index is 6.22. The van der Waals surface area contributed by atoms with Crippen molar-refractivity contribution in [2.24, 2.45) is 0 Å². The molecule has 0 amide bonds. The predicted molar refractivity (Wildman–Crippen MR) is 112 cm³/mol. The van der Waals surface area contributed by atoms with Crippen LogP contribution in [0.3, 0.4) is 0 Å². The largest absolute Gasteiger partial charge is 0.493 e. The zero-order chi connectivity index (χ0) is 19.5. The van der Waals surface area contributed by atoms with Crippen molar-refractivity contribution in [2.75, 3.05) is 7.11 Å². The van der Waals surface area contributed by atoms with E-state index in [1.54, 1.807) is 7.11 Å². The summed E-state index contributed by atoms with van der Waals surface area (Å²) in [4.78, 5) is 4.63. The lowest BCUT2D eigenvalue weighted by Gasteiger charge is -2.16. The van der Waals surface area contributed by atoms with E-state index in [2.05, 4.69) is 4.98 Å². The molecule has 146 valence electrons. The number of rotatable bonds is 6. The van der Waals surface area contributed by atoms with Crippen LogP contribution in [0.1, 0.15) is 49.6 Å². The Kier molecular flexibility index (Phi) is 5.58. The minimum absolute atomic E-state index is 0.277. The normalized spacial score (nSPS) is 15.0. The van der Waals surface area contributed by atoms with Gasteiger partial charge in [0, 0.05) is 17.0 Å². The Bertz CT molecular complexity index is 1000. The number of ether oxygens (including phenoxy) is 2. The van der Waals surface area contributed by atoms with Crippen LogP contribution in [0.15, 0.2) is 40.8 Å². The van der Waals surface area contributed by atoms with Gasteiger partial charge in [-0.25, -0.2) is 4.98 Å². The molecule has 4 nitrogen and oxygen atoms in total. The first-order valence-corrected chi connectivity index (χ1v) is 10.1. The molecular weight excluding hydrogens is 374 g/mol. The monoisotopic (exact) mass is 397 g/mol. The van der Waals surface area contributed by atoms with Gasteiger partial charge in [0.25, 0.3) is 0 Å². The van der Waals surface area contributed by atoms with Crippen LogP contribution >= 0.6 is 11.6 Å². The molecule has 5 heteroatoms. The number of fused-ring (bicyclic) bond motifs is 1. The molecular formula is C23H24ClNO3. The van der Waals surface area contributed by atoms with Gasteiger partial charge in [-0.15, -0.1) is 0 Å². The minimum atomic E-state index is 0.277. The number of methoxy groups -OCH3 is 1. The van der Waals surface area contributed by atoms with E-state index >= 15 is 0 Å². The molecule has 1 saturated carbocycles. The fourth-order valence-corrected chi connectivity index (χ4v) is 3.95. The zero-order valence-corrected chi connectivity index (χ0v) is 17.0. The van der Waals surface area contributed by atoms with Gasteiger partial charge in [-0.05, 0) is 62.4 Å². The van der Waals surface area contributed by atoms with E-state index in [9.17, 15) is 0 Å². The second kappa shape index (κ2) is 8.27. The van der Waals surface area contributed by atoms with Gasteiger partial charge in [-0.2, -0.15) is 0 Å². The molecule has 2 aromatic carbocycles. The van der Waals surface area contributed by atoms with Crippen LogP contribution in [-0.4, -0.2) is 18.2 Å². The molecule has 1 fully saturated rings. The third-order valence-electron chi connectivity index (χ3n) is 5.05. The van der Waals surface area contributed by atoms with Crippen LogP contribution in [0.2, 0.25) is 5.02 Å². The Hall–Kier alpha value is -2.46. The first kappa shape index (κ1) is 18.9. The van der Waals surface area contributed by atoms with Crippen LogP contribution in [0.25, 0.3) is 17.2 Å². The topological polar surface area (TPSA) is 44.5 Å². The lowest BCUT2D eigenvalue weighted by Crippen LogP contribution is -2.11. The molecule has 1 heterocycles. The summed E-state index contributed by atoms with van der Waals surface area (Å²) in [5, 5.41) is 0.650. The lowest BCUT2D eigenvalue weighted by atomic mass is 10.1. The van der Waals surface area contributed by atoms with E-state index in [1.807, 2.05) is 49.4 Å². The van der Waals surface area contributed by atoms with E-state index in [1.165, 1.54) is 12.8 Å². The minimum Gasteiger partial charge on any atom is -0.493 e. The Morgan fingerprint density at radius 3 is 2.75 bits per heavy atom. The lowest BCUT2D eigenvalue weighted by molar-refractivity contribution is 0.200. The first-order chi connectivity index (χ1) is 13.7. The standard InChI is InChI=1S/C23H24ClNO3/c1-3-6-16-13-17(24)14-19-23(16)28-22(25-19)12-15-9-10-20(26-2)21(11-15)27-18-7-4-5-8-18/h3,6,9-11,13-14,18H,4-5,7-8,12H2,1-2H3. The summed E-state index contributed by atoms with van der Waals surface area (Å²) >= 11 is 6.22. The van der Waals surface area contributed by atoms with Crippen molar-refractivity contribution >= 4 is 28.8 Å². The van der Waals surface area contributed by atoms with Crippen LogP contribution in [0.5, 0.6) is 11.5 Å². The zero-order valence-electron chi connectivity index (χ0n) is 16.2.